The fourth-order valence-electron chi connectivity index (χ4n) is 3.07. The Morgan fingerprint density at radius 2 is 2.39 bits per heavy atom. The third-order valence-electron chi connectivity index (χ3n) is 3.87. The third-order valence-corrected chi connectivity index (χ3v) is 4.35. The molecule has 1 spiro atoms. The van der Waals surface area contributed by atoms with E-state index in [2.05, 4.69) is 5.32 Å². The average Bonchev–Trinajstić information content (AvgIpc) is 2.91. The lowest BCUT2D eigenvalue weighted by Crippen LogP contribution is -2.53. The van der Waals surface area contributed by atoms with Crippen LogP contribution in [0.2, 0.25) is 0 Å². The minimum atomic E-state index is -0.555. The number of alkyl halides is 1. The number of ether oxygens (including phenoxy) is 1. The summed E-state index contributed by atoms with van der Waals surface area (Å²) in [5, 5.41) is 14.0. The number of nitrogens with zero attached hydrogens (tertiary/aromatic N) is 1. The summed E-state index contributed by atoms with van der Waals surface area (Å²) in [5.74, 6) is -0.555. The van der Waals surface area contributed by atoms with Gasteiger partial charge in [0.1, 0.15) is 0 Å². The van der Waals surface area contributed by atoms with Gasteiger partial charge >= 0.3 is 0 Å². The minimum Gasteiger partial charge on any atom is -0.396 e. The molecule has 0 aromatic heterocycles. The van der Waals surface area contributed by atoms with Crippen molar-refractivity contribution in [3.63, 3.8) is 0 Å². The lowest BCUT2D eigenvalue weighted by atomic mass is 9.94. The monoisotopic (exact) mass is 278 g/mol. The Hall–Kier alpha value is 0.0900. The molecule has 0 aromatic carbocycles. The summed E-state index contributed by atoms with van der Waals surface area (Å²) in [7, 11) is 3.82. The maximum Gasteiger partial charge on any atom is 0.204 e. The van der Waals surface area contributed by atoms with Crippen LogP contribution in [0.3, 0.4) is 0 Å². The SMILES string of the molecule is CN[C@H]1[C@@H]([C@@H](Cl)CCCO)N(C)O[C@]12CCCO2. The van der Waals surface area contributed by atoms with E-state index in [4.69, 9.17) is 26.3 Å². The number of likely N-dealkylation sites (N-methyl/N-ethyl adjacent to an activating group) is 2. The summed E-state index contributed by atoms with van der Waals surface area (Å²) in [5.41, 5.74) is 0. The van der Waals surface area contributed by atoms with Crippen LogP contribution in [0.1, 0.15) is 25.7 Å². The Kier molecular flexibility index (Phi) is 4.86. The third kappa shape index (κ3) is 2.53. The summed E-state index contributed by atoms with van der Waals surface area (Å²) < 4.78 is 5.83. The highest BCUT2D eigenvalue weighted by molar-refractivity contribution is 6.21. The van der Waals surface area contributed by atoms with Crippen LogP contribution < -0.4 is 5.32 Å². The van der Waals surface area contributed by atoms with Gasteiger partial charge in [0.2, 0.25) is 5.79 Å². The van der Waals surface area contributed by atoms with Gasteiger partial charge in [-0.25, -0.2) is 0 Å². The van der Waals surface area contributed by atoms with Crippen LogP contribution in [0.15, 0.2) is 0 Å². The van der Waals surface area contributed by atoms with Gasteiger partial charge in [0.15, 0.2) is 0 Å². The Bertz CT molecular complexity index is 274. The summed E-state index contributed by atoms with van der Waals surface area (Å²) in [6.07, 6.45) is 3.39. The van der Waals surface area contributed by atoms with Crippen LogP contribution in [0.25, 0.3) is 0 Å². The molecule has 0 unspecified atom stereocenters. The molecule has 2 saturated heterocycles. The van der Waals surface area contributed by atoms with Crippen molar-refractivity contribution in [1.82, 2.24) is 10.4 Å². The van der Waals surface area contributed by atoms with Crippen LogP contribution in [-0.2, 0) is 9.57 Å². The molecule has 0 radical (unpaired) electrons. The van der Waals surface area contributed by atoms with Gasteiger partial charge in [0.25, 0.3) is 0 Å². The maximum atomic E-state index is 8.91. The van der Waals surface area contributed by atoms with Gasteiger partial charge in [-0.15, -0.1) is 11.6 Å². The summed E-state index contributed by atoms with van der Waals surface area (Å²) in [6.45, 7) is 0.911. The predicted octanol–water partition coefficient (Wildman–Crippen LogP) is 0.707. The molecular weight excluding hydrogens is 256 g/mol. The van der Waals surface area contributed by atoms with Crippen LogP contribution in [0.4, 0.5) is 0 Å². The first-order valence-electron chi connectivity index (χ1n) is 6.63. The molecular formula is C12H23ClN2O3. The zero-order valence-corrected chi connectivity index (χ0v) is 11.8. The van der Waals surface area contributed by atoms with Gasteiger partial charge in [-0.05, 0) is 26.3 Å². The second-order valence-corrected chi connectivity index (χ2v) is 5.60. The fourth-order valence-corrected chi connectivity index (χ4v) is 3.53. The highest BCUT2D eigenvalue weighted by Crippen LogP contribution is 2.41. The molecule has 0 aliphatic carbocycles. The van der Waals surface area contributed by atoms with E-state index < -0.39 is 5.79 Å². The van der Waals surface area contributed by atoms with Crippen LogP contribution in [-0.4, -0.2) is 60.7 Å². The van der Waals surface area contributed by atoms with E-state index in [1.165, 1.54) is 0 Å². The lowest BCUT2D eigenvalue weighted by molar-refractivity contribution is -0.283. The number of hydroxylamine groups is 2. The van der Waals surface area contributed by atoms with Crippen molar-refractivity contribution in [1.29, 1.82) is 0 Å². The number of nitrogens with one attached hydrogen (secondary N) is 1. The summed E-state index contributed by atoms with van der Waals surface area (Å²) in [4.78, 5) is 5.93. The Morgan fingerprint density at radius 3 is 2.94 bits per heavy atom. The molecule has 0 bridgehead atoms. The van der Waals surface area contributed by atoms with Gasteiger partial charge in [-0.1, -0.05) is 0 Å². The van der Waals surface area contributed by atoms with Crippen molar-refractivity contribution in [2.45, 2.75) is 48.9 Å². The van der Waals surface area contributed by atoms with Crippen LogP contribution in [0.5, 0.6) is 0 Å². The number of aliphatic hydroxyl groups is 1. The van der Waals surface area contributed by atoms with Crippen molar-refractivity contribution >= 4 is 11.6 Å². The number of hydrogen-bond donors (Lipinski definition) is 2. The Labute approximate surface area is 113 Å². The summed E-state index contributed by atoms with van der Waals surface area (Å²) in [6, 6.07) is 0.118. The van der Waals surface area contributed by atoms with Crippen molar-refractivity contribution in [3.05, 3.63) is 0 Å². The molecule has 6 heteroatoms. The smallest absolute Gasteiger partial charge is 0.204 e. The first-order valence-corrected chi connectivity index (χ1v) is 7.06. The van der Waals surface area contributed by atoms with Gasteiger partial charge in [-0.2, -0.15) is 5.06 Å². The van der Waals surface area contributed by atoms with E-state index in [1.807, 2.05) is 19.2 Å². The quantitative estimate of drug-likeness (QED) is 0.726. The van der Waals surface area contributed by atoms with Gasteiger partial charge < -0.3 is 15.2 Å². The molecule has 18 heavy (non-hydrogen) atoms. The molecule has 5 nitrogen and oxygen atoms in total. The number of rotatable bonds is 5. The molecule has 2 N–H and O–H groups in total. The highest BCUT2D eigenvalue weighted by Gasteiger charge is 2.57. The average molecular weight is 279 g/mol. The molecule has 2 heterocycles. The van der Waals surface area contributed by atoms with E-state index >= 15 is 0 Å². The topological polar surface area (TPSA) is 54.0 Å². The van der Waals surface area contributed by atoms with Gasteiger partial charge in [-0.3, -0.25) is 4.84 Å². The lowest BCUT2D eigenvalue weighted by Gasteiger charge is -2.30. The highest BCUT2D eigenvalue weighted by atomic mass is 35.5. The van der Waals surface area contributed by atoms with E-state index in [-0.39, 0.29) is 24.1 Å². The molecule has 0 aromatic rings. The standard InChI is InChI=1S/C12H23ClN2O3/c1-14-11-10(9(13)5-3-7-16)15(2)18-12(11)6-4-8-17-12/h9-11,14,16H,3-8H2,1-2H3/t9-,10+,11-,12+/m0/s1. The van der Waals surface area contributed by atoms with Crippen LogP contribution in [0, 0.1) is 0 Å². The second-order valence-electron chi connectivity index (χ2n) is 5.04. The molecule has 106 valence electrons. The van der Waals surface area contributed by atoms with Gasteiger partial charge in [0, 0.05) is 20.1 Å². The molecule has 2 aliphatic rings. The predicted molar refractivity (Wildman–Crippen MR) is 69.4 cm³/mol. The first kappa shape index (κ1) is 14.5. The van der Waals surface area contributed by atoms with Crippen molar-refractivity contribution in [3.8, 4) is 0 Å². The Balaban J connectivity index is 2.09. The maximum absolute atomic E-state index is 8.91. The fraction of sp³-hybridized carbons (Fsp3) is 1.00. The number of aliphatic hydroxyl groups excluding tert-OH is 1. The van der Waals surface area contributed by atoms with E-state index in [0.29, 0.717) is 6.42 Å². The van der Waals surface area contributed by atoms with E-state index in [9.17, 15) is 0 Å². The molecule has 2 aliphatic heterocycles. The first-order chi connectivity index (χ1) is 8.64. The molecule has 0 saturated carbocycles. The normalized spacial score (nSPS) is 38.7. The number of hydrogen-bond acceptors (Lipinski definition) is 5. The Morgan fingerprint density at radius 1 is 1.61 bits per heavy atom. The van der Waals surface area contributed by atoms with Crippen molar-refractivity contribution in [2.75, 3.05) is 27.3 Å². The molecule has 4 atom stereocenters. The largest absolute Gasteiger partial charge is 0.396 e. The van der Waals surface area contributed by atoms with Crippen molar-refractivity contribution in [2.24, 2.45) is 0 Å². The number of halogens is 1. The van der Waals surface area contributed by atoms with E-state index in [1.54, 1.807) is 0 Å². The zero-order chi connectivity index (χ0) is 13.2. The van der Waals surface area contributed by atoms with Crippen molar-refractivity contribution < 1.29 is 14.7 Å². The van der Waals surface area contributed by atoms with Gasteiger partial charge in [0.05, 0.1) is 24.1 Å². The molecule has 2 fully saturated rings. The minimum absolute atomic E-state index is 0.0568. The second kappa shape index (κ2) is 6.03. The van der Waals surface area contributed by atoms with Crippen LogP contribution >= 0.6 is 11.6 Å². The summed E-state index contributed by atoms with van der Waals surface area (Å²) >= 11 is 6.47. The van der Waals surface area contributed by atoms with E-state index in [0.717, 1.165) is 25.9 Å². The molecule has 2 rings (SSSR count). The zero-order valence-electron chi connectivity index (χ0n) is 11.1. The molecule has 0 amide bonds.